The zero-order valence-electron chi connectivity index (χ0n) is 11.3. The predicted molar refractivity (Wildman–Crippen MR) is 71.6 cm³/mol. The zero-order chi connectivity index (χ0) is 11.8. The van der Waals surface area contributed by atoms with Gasteiger partial charge in [-0.05, 0) is 38.3 Å². The van der Waals surface area contributed by atoms with Gasteiger partial charge in [-0.25, -0.2) is 0 Å². The highest BCUT2D eigenvalue weighted by Gasteiger charge is 2.21. The van der Waals surface area contributed by atoms with Gasteiger partial charge < -0.3 is 10.6 Å². The molecular formula is C14H30N2. The number of hydrogen-bond donors (Lipinski definition) is 1. The van der Waals surface area contributed by atoms with Crippen LogP contribution < -0.4 is 5.73 Å². The van der Waals surface area contributed by atoms with Crippen molar-refractivity contribution in [2.24, 2.45) is 11.7 Å². The summed E-state index contributed by atoms with van der Waals surface area (Å²) in [6.45, 7) is 8.00. The molecule has 1 atom stereocenters. The molecule has 16 heavy (non-hydrogen) atoms. The molecule has 0 aliphatic heterocycles. The van der Waals surface area contributed by atoms with Crippen molar-refractivity contribution in [1.82, 2.24) is 4.90 Å². The summed E-state index contributed by atoms with van der Waals surface area (Å²) >= 11 is 0. The van der Waals surface area contributed by atoms with Gasteiger partial charge in [-0.3, -0.25) is 0 Å². The number of rotatable bonds is 7. The summed E-state index contributed by atoms with van der Waals surface area (Å²) in [5.74, 6) is 0.833. The SMILES string of the molecule is CCC(C)CN(CCCN)C1CCCCC1. The van der Waals surface area contributed by atoms with Gasteiger partial charge in [0.1, 0.15) is 0 Å². The molecule has 0 heterocycles. The molecule has 0 aromatic heterocycles. The van der Waals surface area contributed by atoms with Gasteiger partial charge in [-0.2, -0.15) is 0 Å². The molecule has 1 fully saturated rings. The van der Waals surface area contributed by atoms with E-state index in [0.29, 0.717) is 0 Å². The Balaban J connectivity index is 2.40. The predicted octanol–water partition coefficient (Wildman–Crippen LogP) is 3.02. The Morgan fingerprint density at radius 2 is 1.94 bits per heavy atom. The minimum Gasteiger partial charge on any atom is -0.330 e. The highest BCUT2D eigenvalue weighted by atomic mass is 15.2. The molecule has 2 heteroatoms. The van der Waals surface area contributed by atoms with Gasteiger partial charge in [0.2, 0.25) is 0 Å². The molecule has 1 aliphatic carbocycles. The number of nitrogens with zero attached hydrogens (tertiary/aromatic N) is 1. The topological polar surface area (TPSA) is 29.3 Å². The lowest BCUT2D eigenvalue weighted by Gasteiger charge is -2.36. The van der Waals surface area contributed by atoms with Crippen molar-refractivity contribution in [3.63, 3.8) is 0 Å². The maximum Gasteiger partial charge on any atom is 0.00953 e. The largest absolute Gasteiger partial charge is 0.330 e. The Bertz CT molecular complexity index is 164. The van der Waals surface area contributed by atoms with Crippen LogP contribution in [0.5, 0.6) is 0 Å². The third-order valence-electron chi connectivity index (χ3n) is 3.98. The van der Waals surface area contributed by atoms with Crippen molar-refractivity contribution in [2.75, 3.05) is 19.6 Å². The number of hydrogen-bond acceptors (Lipinski definition) is 2. The Morgan fingerprint density at radius 3 is 2.50 bits per heavy atom. The fraction of sp³-hybridized carbons (Fsp3) is 1.00. The summed E-state index contributed by atoms with van der Waals surface area (Å²) in [6.07, 6.45) is 9.61. The molecule has 1 aliphatic rings. The molecular weight excluding hydrogens is 196 g/mol. The van der Waals surface area contributed by atoms with Gasteiger partial charge in [-0.1, -0.05) is 39.5 Å². The summed E-state index contributed by atoms with van der Waals surface area (Å²) in [6, 6.07) is 0.856. The summed E-state index contributed by atoms with van der Waals surface area (Å²) in [5, 5.41) is 0. The first-order valence-electron chi connectivity index (χ1n) is 7.22. The third-order valence-corrected chi connectivity index (χ3v) is 3.98. The second-order valence-electron chi connectivity index (χ2n) is 5.44. The van der Waals surface area contributed by atoms with Crippen LogP contribution in [0.1, 0.15) is 58.8 Å². The smallest absolute Gasteiger partial charge is 0.00953 e. The first kappa shape index (κ1) is 14.0. The lowest BCUT2D eigenvalue weighted by atomic mass is 9.93. The summed E-state index contributed by atoms with van der Waals surface area (Å²) in [4.78, 5) is 2.72. The second-order valence-corrected chi connectivity index (χ2v) is 5.44. The van der Waals surface area contributed by atoms with Crippen molar-refractivity contribution in [3.8, 4) is 0 Å². The lowest BCUT2D eigenvalue weighted by Crippen LogP contribution is -2.40. The molecule has 1 saturated carbocycles. The van der Waals surface area contributed by atoms with E-state index < -0.39 is 0 Å². The van der Waals surface area contributed by atoms with E-state index >= 15 is 0 Å². The van der Waals surface area contributed by atoms with Crippen LogP contribution in [0.3, 0.4) is 0 Å². The van der Waals surface area contributed by atoms with Gasteiger partial charge in [-0.15, -0.1) is 0 Å². The van der Waals surface area contributed by atoms with Crippen molar-refractivity contribution in [3.05, 3.63) is 0 Å². The molecule has 0 bridgehead atoms. The van der Waals surface area contributed by atoms with Crippen LogP contribution in [0.25, 0.3) is 0 Å². The standard InChI is InChI=1S/C14H30N2/c1-3-13(2)12-16(11-7-10-15)14-8-5-4-6-9-14/h13-14H,3-12,15H2,1-2H3. The number of nitrogens with two attached hydrogens (primary N) is 1. The van der Waals surface area contributed by atoms with Gasteiger partial charge in [0.05, 0.1) is 0 Å². The third kappa shape index (κ3) is 4.84. The maximum atomic E-state index is 5.64. The van der Waals surface area contributed by atoms with Crippen LogP contribution in [0.4, 0.5) is 0 Å². The minimum absolute atomic E-state index is 0.833. The van der Waals surface area contributed by atoms with Gasteiger partial charge in [0.25, 0.3) is 0 Å². The molecule has 0 spiro atoms. The van der Waals surface area contributed by atoms with Gasteiger partial charge in [0, 0.05) is 12.6 Å². The molecule has 0 saturated heterocycles. The van der Waals surface area contributed by atoms with Crippen LogP contribution in [0, 0.1) is 5.92 Å². The highest BCUT2D eigenvalue weighted by molar-refractivity contribution is 4.77. The van der Waals surface area contributed by atoms with E-state index in [-0.39, 0.29) is 0 Å². The monoisotopic (exact) mass is 226 g/mol. The van der Waals surface area contributed by atoms with E-state index in [1.165, 1.54) is 51.6 Å². The lowest BCUT2D eigenvalue weighted by molar-refractivity contribution is 0.134. The van der Waals surface area contributed by atoms with Crippen molar-refractivity contribution >= 4 is 0 Å². The van der Waals surface area contributed by atoms with Crippen LogP contribution in [0.2, 0.25) is 0 Å². The first-order valence-corrected chi connectivity index (χ1v) is 7.22. The summed E-state index contributed by atoms with van der Waals surface area (Å²) in [5.41, 5.74) is 5.64. The second kappa shape index (κ2) is 8.08. The van der Waals surface area contributed by atoms with Crippen LogP contribution in [-0.2, 0) is 0 Å². The van der Waals surface area contributed by atoms with Crippen molar-refractivity contribution in [2.45, 2.75) is 64.8 Å². The van der Waals surface area contributed by atoms with E-state index in [4.69, 9.17) is 5.73 Å². The van der Waals surface area contributed by atoms with E-state index in [2.05, 4.69) is 18.7 Å². The Hall–Kier alpha value is -0.0800. The van der Waals surface area contributed by atoms with Crippen LogP contribution in [0.15, 0.2) is 0 Å². The Kier molecular flexibility index (Phi) is 7.06. The first-order chi connectivity index (χ1) is 7.77. The van der Waals surface area contributed by atoms with Gasteiger partial charge in [0.15, 0.2) is 0 Å². The van der Waals surface area contributed by atoms with Crippen LogP contribution >= 0.6 is 0 Å². The van der Waals surface area contributed by atoms with E-state index in [1.807, 2.05) is 0 Å². The molecule has 96 valence electrons. The molecule has 0 aromatic carbocycles. The molecule has 1 unspecified atom stereocenters. The summed E-state index contributed by atoms with van der Waals surface area (Å²) in [7, 11) is 0. The Morgan fingerprint density at radius 1 is 1.25 bits per heavy atom. The Labute approximate surface area is 102 Å². The van der Waals surface area contributed by atoms with Crippen LogP contribution in [-0.4, -0.2) is 30.6 Å². The molecule has 0 amide bonds. The minimum atomic E-state index is 0.833. The van der Waals surface area contributed by atoms with Crippen molar-refractivity contribution in [1.29, 1.82) is 0 Å². The summed E-state index contributed by atoms with van der Waals surface area (Å²) < 4.78 is 0. The van der Waals surface area contributed by atoms with E-state index in [0.717, 1.165) is 24.9 Å². The maximum absolute atomic E-state index is 5.64. The normalized spacial score (nSPS) is 20.2. The molecule has 1 rings (SSSR count). The molecule has 0 radical (unpaired) electrons. The molecule has 2 N–H and O–H groups in total. The van der Waals surface area contributed by atoms with Gasteiger partial charge >= 0.3 is 0 Å². The quantitative estimate of drug-likeness (QED) is 0.723. The average molecular weight is 226 g/mol. The zero-order valence-corrected chi connectivity index (χ0v) is 11.3. The fourth-order valence-corrected chi connectivity index (χ4v) is 2.69. The fourth-order valence-electron chi connectivity index (χ4n) is 2.69. The van der Waals surface area contributed by atoms with E-state index in [1.54, 1.807) is 0 Å². The molecule has 0 aromatic rings. The average Bonchev–Trinajstić information content (AvgIpc) is 2.35. The molecule has 2 nitrogen and oxygen atoms in total. The van der Waals surface area contributed by atoms with E-state index in [9.17, 15) is 0 Å². The van der Waals surface area contributed by atoms with Crippen molar-refractivity contribution < 1.29 is 0 Å². The highest BCUT2D eigenvalue weighted by Crippen LogP contribution is 2.23.